The van der Waals surface area contributed by atoms with E-state index in [2.05, 4.69) is 0 Å². The van der Waals surface area contributed by atoms with Gasteiger partial charge in [-0.1, -0.05) is 6.07 Å². The summed E-state index contributed by atoms with van der Waals surface area (Å²) < 4.78 is 11.6. The quantitative estimate of drug-likeness (QED) is 0.606. The molecule has 7 heteroatoms. The third-order valence-corrected chi connectivity index (χ3v) is 5.24. The Balaban J connectivity index is 1.79. The molecule has 2 aliphatic heterocycles. The molecule has 0 aromatic heterocycles. The largest absolute Gasteiger partial charge is 0.508 e. The minimum atomic E-state index is -0.827. The lowest BCUT2D eigenvalue weighted by molar-refractivity contribution is -0.0420. The minimum absolute atomic E-state index is 0.00739. The summed E-state index contributed by atoms with van der Waals surface area (Å²) in [6, 6.07) is 5.34. The molecule has 0 radical (unpaired) electrons. The summed E-state index contributed by atoms with van der Waals surface area (Å²) in [5.74, 6) is -1.27. The number of aliphatic hydroxyl groups is 1. The van der Waals surface area contributed by atoms with E-state index in [4.69, 9.17) is 9.47 Å². The molecule has 0 fully saturated rings. The predicted molar refractivity (Wildman–Crippen MR) is 94.9 cm³/mol. The van der Waals surface area contributed by atoms with Crippen molar-refractivity contribution in [3.8, 4) is 28.7 Å². The van der Waals surface area contributed by atoms with E-state index in [-0.39, 0.29) is 41.6 Å². The third kappa shape index (κ3) is 2.66. The number of aromatic hydroxyl groups is 3. The van der Waals surface area contributed by atoms with Crippen molar-refractivity contribution in [2.75, 3.05) is 6.61 Å². The number of carbonyl (C=O) groups is 1. The van der Waals surface area contributed by atoms with Gasteiger partial charge in [0.05, 0.1) is 12.0 Å². The second-order valence-electron chi connectivity index (χ2n) is 7.47. The van der Waals surface area contributed by atoms with Crippen LogP contribution in [0.15, 0.2) is 24.3 Å². The van der Waals surface area contributed by atoms with Gasteiger partial charge in [0.25, 0.3) is 0 Å². The number of phenols is 3. The molecule has 2 aliphatic rings. The van der Waals surface area contributed by atoms with Gasteiger partial charge in [0.1, 0.15) is 46.5 Å². The van der Waals surface area contributed by atoms with Gasteiger partial charge in [0.15, 0.2) is 5.78 Å². The fourth-order valence-electron chi connectivity index (χ4n) is 3.61. The van der Waals surface area contributed by atoms with Gasteiger partial charge in [0.2, 0.25) is 0 Å². The first kappa shape index (κ1) is 17.5. The van der Waals surface area contributed by atoms with Crippen molar-refractivity contribution in [2.45, 2.75) is 37.9 Å². The topological polar surface area (TPSA) is 116 Å². The molecule has 0 aliphatic carbocycles. The van der Waals surface area contributed by atoms with Crippen molar-refractivity contribution in [1.82, 2.24) is 0 Å². The molecule has 7 nitrogen and oxygen atoms in total. The van der Waals surface area contributed by atoms with Crippen LogP contribution in [0.2, 0.25) is 0 Å². The van der Waals surface area contributed by atoms with Gasteiger partial charge < -0.3 is 29.9 Å². The molecule has 2 aromatic carbocycles. The first-order valence-corrected chi connectivity index (χ1v) is 8.64. The van der Waals surface area contributed by atoms with E-state index in [1.807, 2.05) is 0 Å². The van der Waals surface area contributed by atoms with Crippen LogP contribution in [0.4, 0.5) is 0 Å². The number of hydrogen-bond donors (Lipinski definition) is 4. The summed E-state index contributed by atoms with van der Waals surface area (Å²) in [4.78, 5) is 13.1. The minimum Gasteiger partial charge on any atom is -0.508 e. The Morgan fingerprint density at radius 1 is 1.11 bits per heavy atom. The number of benzene rings is 2. The number of phenolic OH excluding ortho intramolecular Hbond substituents is 3. The average molecular weight is 372 g/mol. The summed E-state index contributed by atoms with van der Waals surface area (Å²) in [5.41, 5.74) is 0.0227. The molecule has 0 saturated heterocycles. The molecule has 4 rings (SSSR count). The van der Waals surface area contributed by atoms with E-state index >= 15 is 0 Å². The number of hydrogen-bond acceptors (Lipinski definition) is 7. The summed E-state index contributed by atoms with van der Waals surface area (Å²) in [6.07, 6.45) is -0.566. The van der Waals surface area contributed by atoms with Gasteiger partial charge in [-0.25, -0.2) is 0 Å². The highest BCUT2D eigenvalue weighted by molar-refractivity contribution is 6.07. The van der Waals surface area contributed by atoms with Crippen molar-refractivity contribution >= 4 is 5.78 Å². The number of ether oxygens (including phenoxy) is 2. The van der Waals surface area contributed by atoms with E-state index in [1.54, 1.807) is 13.8 Å². The number of carbonyl (C=O) groups excluding carboxylic acids is 1. The van der Waals surface area contributed by atoms with Crippen LogP contribution in [0.25, 0.3) is 0 Å². The van der Waals surface area contributed by atoms with Crippen LogP contribution >= 0.6 is 0 Å². The maximum absolute atomic E-state index is 13.1. The van der Waals surface area contributed by atoms with Crippen LogP contribution in [-0.4, -0.2) is 44.5 Å². The zero-order valence-corrected chi connectivity index (χ0v) is 14.9. The summed E-state index contributed by atoms with van der Waals surface area (Å²) in [6.45, 7) is 3.44. The zero-order valence-electron chi connectivity index (χ0n) is 14.9. The lowest BCUT2D eigenvalue weighted by atomic mass is 9.84. The molecule has 2 aromatic rings. The first-order chi connectivity index (χ1) is 12.7. The van der Waals surface area contributed by atoms with Crippen molar-refractivity contribution < 1.29 is 34.7 Å². The first-order valence-electron chi connectivity index (χ1n) is 8.64. The second kappa shape index (κ2) is 5.79. The molecule has 0 saturated carbocycles. The Labute approximate surface area is 155 Å². The van der Waals surface area contributed by atoms with Crippen LogP contribution < -0.4 is 9.47 Å². The molecule has 0 amide bonds. The van der Waals surface area contributed by atoms with Crippen molar-refractivity contribution in [3.05, 3.63) is 41.0 Å². The van der Waals surface area contributed by atoms with Crippen LogP contribution in [-0.2, 0) is 6.42 Å². The number of ketones is 1. The van der Waals surface area contributed by atoms with Crippen molar-refractivity contribution in [1.29, 1.82) is 0 Å². The number of aliphatic hydroxyl groups excluding tert-OH is 1. The van der Waals surface area contributed by atoms with E-state index < -0.39 is 23.4 Å². The van der Waals surface area contributed by atoms with Gasteiger partial charge in [-0.3, -0.25) is 4.79 Å². The number of fused-ring (bicyclic) bond motifs is 3. The zero-order chi connectivity index (χ0) is 19.5. The predicted octanol–water partition coefficient (Wildman–Crippen LogP) is 2.24. The van der Waals surface area contributed by atoms with E-state index in [1.165, 1.54) is 18.2 Å². The SMILES string of the molecule is CC1(C)Oc2cc(O)c3c(c2CC1O)OCC(c1ccc(O)cc1O)C3=O. The Kier molecular flexibility index (Phi) is 3.75. The van der Waals surface area contributed by atoms with Crippen molar-refractivity contribution in [2.24, 2.45) is 0 Å². The standard InChI is InChI=1S/C20H20O7/c1-20(2)16(24)6-11-15(27-20)7-14(23)17-18(25)12(8-26-19(11)17)10-4-3-9(21)5-13(10)22/h3-5,7,12,16,21-24H,6,8H2,1-2H3. The second-order valence-corrected chi connectivity index (χ2v) is 7.47. The van der Waals surface area contributed by atoms with Crippen LogP contribution in [0.5, 0.6) is 28.7 Å². The number of rotatable bonds is 1. The molecule has 0 spiro atoms. The molecular weight excluding hydrogens is 352 g/mol. The van der Waals surface area contributed by atoms with Gasteiger partial charge in [0, 0.05) is 29.7 Å². The van der Waals surface area contributed by atoms with E-state index in [0.717, 1.165) is 6.07 Å². The summed E-state index contributed by atoms with van der Waals surface area (Å²) in [5, 5.41) is 40.3. The van der Waals surface area contributed by atoms with Gasteiger partial charge in [-0.05, 0) is 19.9 Å². The molecule has 2 heterocycles. The Hall–Kier alpha value is -2.93. The Bertz CT molecular complexity index is 948. The molecule has 4 N–H and O–H groups in total. The highest BCUT2D eigenvalue weighted by Crippen LogP contribution is 2.48. The van der Waals surface area contributed by atoms with E-state index in [9.17, 15) is 25.2 Å². The molecule has 2 unspecified atom stereocenters. The number of Topliss-reactive ketones (excluding diaryl/α,β-unsaturated/α-hetero) is 1. The molecule has 0 bridgehead atoms. The molecule has 142 valence electrons. The lowest BCUT2D eigenvalue weighted by Crippen LogP contribution is -2.46. The molecule has 27 heavy (non-hydrogen) atoms. The van der Waals surface area contributed by atoms with E-state index in [0.29, 0.717) is 16.9 Å². The monoisotopic (exact) mass is 372 g/mol. The maximum atomic E-state index is 13.1. The fourth-order valence-corrected chi connectivity index (χ4v) is 3.61. The summed E-state index contributed by atoms with van der Waals surface area (Å²) >= 11 is 0. The Morgan fingerprint density at radius 3 is 2.56 bits per heavy atom. The fraction of sp³-hybridized carbons (Fsp3) is 0.350. The van der Waals surface area contributed by atoms with Gasteiger partial charge in [-0.2, -0.15) is 0 Å². The van der Waals surface area contributed by atoms with Gasteiger partial charge in [-0.15, -0.1) is 0 Å². The van der Waals surface area contributed by atoms with Crippen molar-refractivity contribution in [3.63, 3.8) is 0 Å². The van der Waals surface area contributed by atoms with Gasteiger partial charge >= 0.3 is 0 Å². The average Bonchev–Trinajstić information content (AvgIpc) is 2.57. The third-order valence-electron chi connectivity index (χ3n) is 5.24. The van der Waals surface area contributed by atoms with Crippen LogP contribution in [0.3, 0.4) is 0 Å². The Morgan fingerprint density at radius 2 is 1.85 bits per heavy atom. The van der Waals surface area contributed by atoms with Crippen LogP contribution in [0, 0.1) is 0 Å². The smallest absolute Gasteiger partial charge is 0.181 e. The molecule has 2 atom stereocenters. The normalized spacial score (nSPS) is 23.0. The summed E-state index contributed by atoms with van der Waals surface area (Å²) in [7, 11) is 0. The lowest BCUT2D eigenvalue weighted by Gasteiger charge is -2.39. The molecular formula is C20H20O7. The maximum Gasteiger partial charge on any atom is 0.181 e. The highest BCUT2D eigenvalue weighted by atomic mass is 16.5. The highest BCUT2D eigenvalue weighted by Gasteiger charge is 2.42. The van der Waals surface area contributed by atoms with Crippen LogP contribution in [0.1, 0.15) is 41.3 Å².